The summed E-state index contributed by atoms with van der Waals surface area (Å²) in [4.78, 5) is 0. The molecule has 1 fully saturated rings. The van der Waals surface area contributed by atoms with Crippen LogP contribution in [0.1, 0.15) is 43.2 Å². The van der Waals surface area contributed by atoms with Crippen LogP contribution in [0, 0.1) is 24.2 Å². The van der Waals surface area contributed by atoms with Crippen molar-refractivity contribution in [1.29, 1.82) is 5.26 Å². The third-order valence-corrected chi connectivity index (χ3v) is 4.34. The van der Waals surface area contributed by atoms with E-state index in [0.29, 0.717) is 5.56 Å². The van der Waals surface area contributed by atoms with E-state index in [1.54, 1.807) is 0 Å². The molecule has 0 unspecified atom stereocenters. The number of nitriles is 1. The number of nitrogens with zero attached hydrogens (tertiary/aromatic N) is 3. The fraction of sp³-hybridized carbons (Fsp3) is 0.444. The first-order valence-electron chi connectivity index (χ1n) is 7.79. The normalized spacial score (nSPS) is 15.8. The fourth-order valence-electron chi connectivity index (χ4n) is 3.26. The first-order valence-corrected chi connectivity index (χ1v) is 7.79. The van der Waals surface area contributed by atoms with Crippen LogP contribution in [0.2, 0.25) is 0 Å². The summed E-state index contributed by atoms with van der Waals surface area (Å²) in [6, 6.07) is 8.19. The standard InChI is InChI=1S/C18H21N3/c1-14-7-16(10-19)9-17(8-14)18-11-20-21(13-18)12-15-5-3-2-4-6-15/h7-9,11,13,15H,2-6,12H2,1H3. The lowest BCUT2D eigenvalue weighted by Gasteiger charge is -2.21. The minimum atomic E-state index is 0.713. The highest BCUT2D eigenvalue weighted by atomic mass is 15.3. The number of hydrogen-bond donors (Lipinski definition) is 0. The van der Waals surface area contributed by atoms with Gasteiger partial charge < -0.3 is 0 Å². The van der Waals surface area contributed by atoms with Gasteiger partial charge in [-0.1, -0.05) is 25.3 Å². The van der Waals surface area contributed by atoms with Gasteiger partial charge in [0, 0.05) is 18.3 Å². The molecule has 2 aromatic rings. The van der Waals surface area contributed by atoms with E-state index < -0.39 is 0 Å². The van der Waals surface area contributed by atoms with Crippen molar-refractivity contribution in [2.45, 2.75) is 45.6 Å². The summed E-state index contributed by atoms with van der Waals surface area (Å²) in [5.74, 6) is 0.777. The van der Waals surface area contributed by atoms with Crippen LogP contribution in [0.3, 0.4) is 0 Å². The molecule has 108 valence electrons. The molecule has 1 aromatic carbocycles. The van der Waals surface area contributed by atoms with Crippen molar-refractivity contribution in [3.05, 3.63) is 41.7 Å². The maximum atomic E-state index is 9.08. The van der Waals surface area contributed by atoms with E-state index >= 15 is 0 Å². The Kier molecular flexibility index (Phi) is 4.06. The van der Waals surface area contributed by atoms with Gasteiger partial charge in [0.2, 0.25) is 0 Å². The van der Waals surface area contributed by atoms with Crippen molar-refractivity contribution >= 4 is 0 Å². The summed E-state index contributed by atoms with van der Waals surface area (Å²) in [6.45, 7) is 3.05. The van der Waals surface area contributed by atoms with Crippen LogP contribution in [-0.4, -0.2) is 9.78 Å². The van der Waals surface area contributed by atoms with Crippen LogP contribution in [0.4, 0.5) is 0 Å². The van der Waals surface area contributed by atoms with Crippen molar-refractivity contribution in [1.82, 2.24) is 9.78 Å². The van der Waals surface area contributed by atoms with Crippen LogP contribution in [0.5, 0.6) is 0 Å². The van der Waals surface area contributed by atoms with Gasteiger partial charge in [0.05, 0.1) is 17.8 Å². The Labute approximate surface area is 126 Å². The SMILES string of the molecule is Cc1cc(C#N)cc(-c2cnn(CC3CCCCC3)c2)c1. The van der Waals surface area contributed by atoms with Crippen molar-refractivity contribution in [2.24, 2.45) is 5.92 Å². The minimum Gasteiger partial charge on any atom is -0.272 e. The van der Waals surface area contributed by atoms with Gasteiger partial charge in [-0.3, -0.25) is 4.68 Å². The molecule has 1 aliphatic carbocycles. The van der Waals surface area contributed by atoms with Gasteiger partial charge in [0.1, 0.15) is 0 Å². The topological polar surface area (TPSA) is 41.6 Å². The highest BCUT2D eigenvalue weighted by Crippen LogP contribution is 2.26. The fourth-order valence-corrected chi connectivity index (χ4v) is 3.26. The first kappa shape index (κ1) is 13.9. The molecule has 3 nitrogen and oxygen atoms in total. The van der Waals surface area contributed by atoms with Crippen LogP contribution in [0.25, 0.3) is 11.1 Å². The van der Waals surface area contributed by atoms with Crippen LogP contribution in [0.15, 0.2) is 30.6 Å². The van der Waals surface area contributed by atoms with Gasteiger partial charge in [0.15, 0.2) is 0 Å². The Balaban J connectivity index is 1.78. The average Bonchev–Trinajstić information content (AvgIpc) is 2.96. The molecule has 1 heterocycles. The van der Waals surface area contributed by atoms with Crippen molar-refractivity contribution in [2.75, 3.05) is 0 Å². The highest BCUT2D eigenvalue weighted by Gasteiger charge is 2.14. The molecule has 1 saturated carbocycles. The molecule has 0 radical (unpaired) electrons. The van der Waals surface area contributed by atoms with E-state index in [0.717, 1.165) is 29.2 Å². The zero-order valence-electron chi connectivity index (χ0n) is 12.5. The lowest BCUT2D eigenvalue weighted by molar-refractivity contribution is 0.308. The third-order valence-electron chi connectivity index (χ3n) is 4.34. The lowest BCUT2D eigenvalue weighted by Crippen LogP contribution is -2.14. The van der Waals surface area contributed by atoms with E-state index in [1.807, 2.05) is 25.3 Å². The molecule has 0 amide bonds. The Morgan fingerprint density at radius 3 is 2.76 bits per heavy atom. The largest absolute Gasteiger partial charge is 0.272 e. The molecule has 0 bridgehead atoms. The summed E-state index contributed by atoms with van der Waals surface area (Å²) in [6.07, 6.45) is 10.8. The Morgan fingerprint density at radius 1 is 1.19 bits per heavy atom. The lowest BCUT2D eigenvalue weighted by atomic mass is 9.89. The van der Waals surface area contributed by atoms with Crippen LogP contribution >= 0.6 is 0 Å². The second-order valence-corrected chi connectivity index (χ2v) is 6.15. The maximum absolute atomic E-state index is 9.08. The predicted octanol–water partition coefficient (Wildman–Crippen LogP) is 4.31. The molecule has 1 aromatic heterocycles. The second-order valence-electron chi connectivity index (χ2n) is 6.15. The number of aromatic nitrogens is 2. The Hall–Kier alpha value is -2.08. The molecule has 0 N–H and O–H groups in total. The highest BCUT2D eigenvalue weighted by molar-refractivity contribution is 5.64. The zero-order chi connectivity index (χ0) is 14.7. The summed E-state index contributed by atoms with van der Waals surface area (Å²) < 4.78 is 2.07. The van der Waals surface area contributed by atoms with E-state index in [-0.39, 0.29) is 0 Å². The molecule has 0 atom stereocenters. The number of aryl methyl sites for hydroxylation is 1. The molecule has 3 heteroatoms. The van der Waals surface area contributed by atoms with Gasteiger partial charge in [-0.15, -0.1) is 0 Å². The summed E-state index contributed by atoms with van der Waals surface area (Å²) >= 11 is 0. The van der Waals surface area contributed by atoms with Crippen molar-refractivity contribution < 1.29 is 0 Å². The van der Waals surface area contributed by atoms with E-state index in [2.05, 4.69) is 28.1 Å². The smallest absolute Gasteiger partial charge is 0.0991 e. The van der Waals surface area contributed by atoms with Gasteiger partial charge in [-0.05, 0) is 48.9 Å². The first-order chi connectivity index (χ1) is 10.2. The Bertz CT molecular complexity index is 657. The summed E-state index contributed by atoms with van der Waals surface area (Å²) in [5.41, 5.74) is 4.02. The van der Waals surface area contributed by atoms with Gasteiger partial charge in [-0.2, -0.15) is 10.4 Å². The Morgan fingerprint density at radius 2 is 2.00 bits per heavy atom. The molecule has 21 heavy (non-hydrogen) atoms. The van der Waals surface area contributed by atoms with Crippen LogP contribution in [-0.2, 0) is 6.54 Å². The van der Waals surface area contributed by atoms with Crippen molar-refractivity contribution in [3.63, 3.8) is 0 Å². The zero-order valence-corrected chi connectivity index (χ0v) is 12.5. The van der Waals surface area contributed by atoms with Gasteiger partial charge in [-0.25, -0.2) is 0 Å². The molecular weight excluding hydrogens is 258 g/mol. The molecule has 0 saturated heterocycles. The molecule has 0 spiro atoms. The van der Waals surface area contributed by atoms with E-state index in [9.17, 15) is 0 Å². The molecular formula is C18H21N3. The number of hydrogen-bond acceptors (Lipinski definition) is 2. The molecule has 0 aliphatic heterocycles. The quantitative estimate of drug-likeness (QED) is 0.840. The van der Waals surface area contributed by atoms with Crippen molar-refractivity contribution in [3.8, 4) is 17.2 Å². The number of benzene rings is 1. The average molecular weight is 279 g/mol. The monoisotopic (exact) mass is 279 g/mol. The van der Waals surface area contributed by atoms with Gasteiger partial charge >= 0.3 is 0 Å². The maximum Gasteiger partial charge on any atom is 0.0991 e. The van der Waals surface area contributed by atoms with E-state index in [4.69, 9.17) is 5.26 Å². The molecule has 3 rings (SSSR count). The summed E-state index contributed by atoms with van der Waals surface area (Å²) in [7, 11) is 0. The van der Waals surface area contributed by atoms with E-state index in [1.165, 1.54) is 32.1 Å². The molecule has 1 aliphatic rings. The van der Waals surface area contributed by atoms with Crippen LogP contribution < -0.4 is 0 Å². The predicted molar refractivity (Wildman–Crippen MR) is 83.7 cm³/mol. The summed E-state index contributed by atoms with van der Waals surface area (Å²) in [5, 5.41) is 13.6. The minimum absolute atomic E-state index is 0.713. The van der Waals surface area contributed by atoms with Gasteiger partial charge in [0.25, 0.3) is 0 Å². The third kappa shape index (κ3) is 3.33. The second kappa shape index (κ2) is 6.13. The number of rotatable bonds is 3.